The Morgan fingerprint density at radius 2 is 1.68 bits per heavy atom. The van der Waals surface area contributed by atoms with Gasteiger partial charge >= 0.3 is 0 Å². The minimum Gasteiger partial charge on any atom is -0.357 e. The highest BCUT2D eigenvalue weighted by Crippen LogP contribution is 2.31. The molecule has 0 aliphatic carbocycles. The summed E-state index contributed by atoms with van der Waals surface area (Å²) in [6.45, 7) is 12.2. The lowest BCUT2D eigenvalue weighted by Crippen LogP contribution is -2.58. The van der Waals surface area contributed by atoms with E-state index in [1.807, 2.05) is 0 Å². The van der Waals surface area contributed by atoms with Gasteiger partial charge in [-0.05, 0) is 72.3 Å². The fourth-order valence-electron chi connectivity index (χ4n) is 4.13. The summed E-state index contributed by atoms with van der Waals surface area (Å²) in [7, 11) is 2.25. The topological polar surface area (TPSA) is 42.9 Å². The molecule has 0 aromatic carbocycles. The molecule has 0 aromatic rings. The van der Waals surface area contributed by atoms with E-state index in [4.69, 9.17) is 4.99 Å². The molecular weight excluding hydrogens is 310 g/mol. The summed E-state index contributed by atoms with van der Waals surface area (Å²) in [6, 6.07) is 0. The van der Waals surface area contributed by atoms with Crippen molar-refractivity contribution in [1.82, 2.24) is 20.4 Å². The van der Waals surface area contributed by atoms with Gasteiger partial charge in [0.1, 0.15) is 0 Å². The Hall–Kier alpha value is -0.810. The van der Waals surface area contributed by atoms with Crippen LogP contribution >= 0.6 is 0 Å². The zero-order valence-corrected chi connectivity index (χ0v) is 16.9. The van der Waals surface area contributed by atoms with Crippen LogP contribution in [0.4, 0.5) is 0 Å². The minimum absolute atomic E-state index is 0.276. The summed E-state index contributed by atoms with van der Waals surface area (Å²) < 4.78 is 0. The normalized spacial score (nSPS) is 22.8. The number of hydrogen-bond donors (Lipinski definition) is 2. The lowest BCUT2D eigenvalue weighted by Gasteiger charge is -2.49. The van der Waals surface area contributed by atoms with Gasteiger partial charge < -0.3 is 15.5 Å². The average Bonchev–Trinajstić information content (AvgIpc) is 2.65. The van der Waals surface area contributed by atoms with Crippen LogP contribution in [-0.2, 0) is 0 Å². The highest BCUT2D eigenvalue weighted by molar-refractivity contribution is 5.79. The molecule has 146 valence electrons. The first-order chi connectivity index (χ1) is 12.2. The Balaban J connectivity index is 2.00. The highest BCUT2D eigenvalue weighted by atomic mass is 15.3. The number of nitrogens with zero attached hydrogens (tertiary/aromatic N) is 3. The number of unbranched alkanes of at least 4 members (excludes halogenated alkanes) is 2. The Morgan fingerprint density at radius 1 is 0.960 bits per heavy atom. The Labute approximate surface area is 155 Å². The van der Waals surface area contributed by atoms with Crippen LogP contribution in [0.3, 0.4) is 0 Å². The minimum atomic E-state index is 0.276. The first-order valence-electron chi connectivity index (χ1n) is 10.7. The largest absolute Gasteiger partial charge is 0.357 e. The maximum absolute atomic E-state index is 5.04. The van der Waals surface area contributed by atoms with Gasteiger partial charge in [-0.15, -0.1) is 0 Å². The zero-order valence-electron chi connectivity index (χ0n) is 16.9. The molecule has 25 heavy (non-hydrogen) atoms. The number of rotatable bonds is 8. The van der Waals surface area contributed by atoms with Crippen molar-refractivity contribution in [3.63, 3.8) is 0 Å². The number of nitrogens with one attached hydrogen (secondary N) is 2. The molecule has 0 radical (unpaired) electrons. The number of likely N-dealkylation sites (tertiary alicyclic amines) is 2. The molecule has 0 saturated carbocycles. The van der Waals surface area contributed by atoms with Gasteiger partial charge in [0.15, 0.2) is 5.96 Å². The smallest absolute Gasteiger partial charge is 0.191 e. The molecule has 5 heteroatoms. The molecule has 2 heterocycles. The molecule has 2 saturated heterocycles. The fourth-order valence-corrected chi connectivity index (χ4v) is 4.13. The van der Waals surface area contributed by atoms with Crippen LogP contribution < -0.4 is 10.6 Å². The maximum atomic E-state index is 5.04. The molecule has 0 spiro atoms. The second-order valence-electron chi connectivity index (χ2n) is 7.90. The van der Waals surface area contributed by atoms with Crippen LogP contribution in [0.5, 0.6) is 0 Å². The van der Waals surface area contributed by atoms with Gasteiger partial charge in [-0.25, -0.2) is 0 Å². The van der Waals surface area contributed by atoms with Gasteiger partial charge in [-0.3, -0.25) is 9.89 Å². The van der Waals surface area contributed by atoms with E-state index in [2.05, 4.69) is 41.3 Å². The van der Waals surface area contributed by atoms with Gasteiger partial charge in [0, 0.05) is 18.6 Å². The molecule has 5 nitrogen and oxygen atoms in total. The molecule has 2 rings (SSSR count). The molecule has 0 atom stereocenters. The van der Waals surface area contributed by atoms with Crippen molar-refractivity contribution < 1.29 is 0 Å². The summed E-state index contributed by atoms with van der Waals surface area (Å²) in [5, 5.41) is 6.97. The van der Waals surface area contributed by atoms with Crippen LogP contribution in [0, 0.1) is 0 Å². The maximum Gasteiger partial charge on any atom is 0.191 e. The summed E-state index contributed by atoms with van der Waals surface area (Å²) in [6.07, 6.45) is 10.4. The fraction of sp³-hybridized carbons (Fsp3) is 0.950. The van der Waals surface area contributed by atoms with Crippen LogP contribution in [0.15, 0.2) is 4.99 Å². The van der Waals surface area contributed by atoms with Crippen molar-refractivity contribution in [3.8, 4) is 0 Å². The van der Waals surface area contributed by atoms with Crippen LogP contribution in [0.1, 0.15) is 65.2 Å². The lowest BCUT2D eigenvalue weighted by atomic mass is 9.84. The Kier molecular flexibility index (Phi) is 9.04. The molecule has 0 aromatic heterocycles. The van der Waals surface area contributed by atoms with Crippen molar-refractivity contribution >= 4 is 5.96 Å². The van der Waals surface area contributed by atoms with Gasteiger partial charge in [0.25, 0.3) is 0 Å². The summed E-state index contributed by atoms with van der Waals surface area (Å²) in [4.78, 5) is 10.3. The van der Waals surface area contributed by atoms with E-state index in [1.165, 1.54) is 77.5 Å². The first kappa shape index (κ1) is 20.5. The van der Waals surface area contributed by atoms with Gasteiger partial charge in [-0.1, -0.05) is 26.2 Å². The molecule has 0 amide bonds. The Morgan fingerprint density at radius 3 is 2.32 bits per heavy atom. The third kappa shape index (κ3) is 6.45. The van der Waals surface area contributed by atoms with Gasteiger partial charge in [-0.2, -0.15) is 0 Å². The van der Waals surface area contributed by atoms with E-state index in [-0.39, 0.29) is 5.54 Å². The predicted molar refractivity (Wildman–Crippen MR) is 108 cm³/mol. The number of guanidine groups is 1. The quantitative estimate of drug-likeness (QED) is 0.401. The van der Waals surface area contributed by atoms with Gasteiger partial charge in [0.2, 0.25) is 0 Å². The molecule has 0 bridgehead atoms. The average molecular weight is 352 g/mol. The lowest BCUT2D eigenvalue weighted by molar-refractivity contribution is 0.0208. The second-order valence-corrected chi connectivity index (χ2v) is 7.90. The molecule has 2 aliphatic rings. The molecular formula is C20H41N5. The van der Waals surface area contributed by atoms with Crippen molar-refractivity contribution in [2.24, 2.45) is 4.99 Å². The third-order valence-electron chi connectivity index (χ3n) is 5.89. The Bertz CT molecular complexity index is 382. The summed E-state index contributed by atoms with van der Waals surface area (Å²) in [5.41, 5.74) is 0.276. The predicted octanol–water partition coefficient (Wildman–Crippen LogP) is 2.68. The molecule has 0 unspecified atom stereocenters. The van der Waals surface area contributed by atoms with Crippen molar-refractivity contribution in [2.75, 3.05) is 52.9 Å². The standard InChI is InChI=1S/C20H41N5/c1-4-6-8-13-22-19(21-5-2)23-18-20(11-16-24(3)17-12-20)25-14-9-7-10-15-25/h4-18H2,1-3H3,(H2,21,22,23). The SMILES string of the molecule is CCCCCNC(=NCC1(N2CCCCC2)CCN(C)CC1)NCC. The third-order valence-corrected chi connectivity index (χ3v) is 5.89. The van der Waals surface area contributed by atoms with Crippen molar-refractivity contribution in [2.45, 2.75) is 70.8 Å². The second kappa shape index (κ2) is 11.0. The van der Waals surface area contributed by atoms with E-state index < -0.39 is 0 Å². The van der Waals surface area contributed by atoms with Crippen LogP contribution in [0.2, 0.25) is 0 Å². The highest BCUT2D eigenvalue weighted by Gasteiger charge is 2.39. The zero-order chi connectivity index (χ0) is 18.0. The van der Waals surface area contributed by atoms with E-state index in [0.29, 0.717) is 0 Å². The van der Waals surface area contributed by atoms with E-state index in [0.717, 1.165) is 25.6 Å². The van der Waals surface area contributed by atoms with Gasteiger partial charge in [0.05, 0.1) is 6.54 Å². The summed E-state index contributed by atoms with van der Waals surface area (Å²) >= 11 is 0. The number of piperidine rings is 2. The monoisotopic (exact) mass is 351 g/mol. The summed E-state index contributed by atoms with van der Waals surface area (Å²) in [5.74, 6) is 1.01. The molecule has 2 aliphatic heterocycles. The van der Waals surface area contributed by atoms with E-state index in [1.54, 1.807) is 0 Å². The van der Waals surface area contributed by atoms with Crippen molar-refractivity contribution in [3.05, 3.63) is 0 Å². The number of aliphatic imine (C=N–C) groups is 1. The van der Waals surface area contributed by atoms with Crippen LogP contribution in [-0.4, -0.2) is 74.2 Å². The first-order valence-corrected chi connectivity index (χ1v) is 10.7. The number of hydrogen-bond acceptors (Lipinski definition) is 3. The van der Waals surface area contributed by atoms with E-state index in [9.17, 15) is 0 Å². The molecule has 2 N–H and O–H groups in total. The van der Waals surface area contributed by atoms with Crippen molar-refractivity contribution in [1.29, 1.82) is 0 Å². The van der Waals surface area contributed by atoms with Crippen LogP contribution in [0.25, 0.3) is 0 Å². The molecule has 2 fully saturated rings. The van der Waals surface area contributed by atoms with E-state index >= 15 is 0 Å².